The number of hydrogen-bond donors (Lipinski definition) is 3. The molecule has 0 unspecified atom stereocenters. The fourth-order valence-electron chi connectivity index (χ4n) is 5.39. The predicted octanol–water partition coefficient (Wildman–Crippen LogP) is 2.91. The molecule has 10 nitrogen and oxygen atoms in total. The van der Waals surface area contributed by atoms with E-state index in [4.69, 9.17) is 5.73 Å². The third-order valence-corrected chi connectivity index (χ3v) is 8.92. The van der Waals surface area contributed by atoms with Crippen LogP contribution in [0.1, 0.15) is 65.2 Å². The molecule has 220 valence electrons. The van der Waals surface area contributed by atoms with Gasteiger partial charge in [0.15, 0.2) is 0 Å². The maximum atomic E-state index is 13.8. The molecule has 1 aromatic heterocycles. The lowest BCUT2D eigenvalue weighted by molar-refractivity contribution is -0.141. The Labute approximate surface area is 248 Å². The molecule has 5 rings (SSSR count). The standard InChI is InChI=1S/C31H35N5O5S/c1-17-25(42-16-33-17)19-11-9-18(10-12-19)23(15-36-28(39)21-7-5-6-8-22(21)29(36)40)34-27(38)24-13-20(37)14-35(24)30(41)26(32)31(2,3)4/h5-12,16,20,23-24,26,37H,13-15,32H2,1-4H3,(H,34,38)/t20-,23+,24+,26-/m1/s1. The first-order chi connectivity index (χ1) is 19.9. The number of fused-ring (bicyclic) bond motifs is 1. The number of nitrogens with zero attached hydrogens (tertiary/aromatic N) is 3. The molecule has 4 N–H and O–H groups in total. The van der Waals surface area contributed by atoms with E-state index >= 15 is 0 Å². The van der Waals surface area contributed by atoms with Gasteiger partial charge in [0.05, 0.1) is 51.9 Å². The second kappa shape index (κ2) is 11.4. The normalized spacial score (nSPS) is 20.0. The number of thiazole rings is 1. The van der Waals surface area contributed by atoms with Crippen LogP contribution in [0.3, 0.4) is 0 Å². The van der Waals surface area contributed by atoms with Crippen LogP contribution >= 0.6 is 11.3 Å². The topological polar surface area (TPSA) is 146 Å². The van der Waals surface area contributed by atoms with Gasteiger partial charge in [-0.2, -0.15) is 0 Å². The summed E-state index contributed by atoms with van der Waals surface area (Å²) in [6.45, 7) is 7.33. The van der Waals surface area contributed by atoms with Crippen molar-refractivity contribution in [2.24, 2.45) is 11.1 Å². The minimum absolute atomic E-state index is 0.00727. The molecule has 0 bridgehead atoms. The van der Waals surface area contributed by atoms with Crippen LogP contribution in [0.2, 0.25) is 0 Å². The molecule has 1 saturated heterocycles. The van der Waals surface area contributed by atoms with Crippen molar-refractivity contribution in [2.75, 3.05) is 13.1 Å². The Hall–Kier alpha value is -3.93. The van der Waals surface area contributed by atoms with Gasteiger partial charge < -0.3 is 21.1 Å². The summed E-state index contributed by atoms with van der Waals surface area (Å²) in [5.74, 6) is -1.78. The Morgan fingerprint density at radius 3 is 2.26 bits per heavy atom. The van der Waals surface area contributed by atoms with Crippen molar-refractivity contribution in [1.82, 2.24) is 20.1 Å². The number of nitrogens with one attached hydrogen (secondary N) is 1. The van der Waals surface area contributed by atoms with E-state index in [2.05, 4.69) is 10.3 Å². The van der Waals surface area contributed by atoms with Gasteiger partial charge in [0.1, 0.15) is 6.04 Å². The van der Waals surface area contributed by atoms with Gasteiger partial charge in [-0.1, -0.05) is 57.2 Å². The number of benzene rings is 2. The number of β-amino-alcohol motifs (C(OH)–C–C–N with tert-alkyl or cyclic N) is 1. The van der Waals surface area contributed by atoms with Gasteiger partial charge in [-0.15, -0.1) is 11.3 Å². The van der Waals surface area contributed by atoms with E-state index in [1.54, 1.807) is 29.8 Å². The van der Waals surface area contributed by atoms with Crippen LogP contribution in [0.4, 0.5) is 0 Å². The minimum atomic E-state index is -0.954. The Morgan fingerprint density at radius 1 is 1.10 bits per heavy atom. The van der Waals surface area contributed by atoms with Crippen LogP contribution in [-0.2, 0) is 9.59 Å². The van der Waals surface area contributed by atoms with Crippen molar-refractivity contribution >= 4 is 35.0 Å². The summed E-state index contributed by atoms with van der Waals surface area (Å²) in [5, 5.41) is 13.4. The smallest absolute Gasteiger partial charge is 0.261 e. The van der Waals surface area contributed by atoms with Crippen LogP contribution in [0.25, 0.3) is 10.4 Å². The lowest BCUT2D eigenvalue weighted by atomic mass is 9.86. The maximum absolute atomic E-state index is 13.8. The molecule has 3 aromatic rings. The second-order valence-electron chi connectivity index (χ2n) is 12.0. The Morgan fingerprint density at radius 2 is 1.71 bits per heavy atom. The van der Waals surface area contributed by atoms with E-state index in [0.717, 1.165) is 21.0 Å². The number of likely N-dealkylation sites (tertiary alicyclic amines) is 1. The largest absolute Gasteiger partial charge is 0.391 e. The van der Waals surface area contributed by atoms with Gasteiger partial charge in [0.25, 0.3) is 11.8 Å². The molecule has 42 heavy (non-hydrogen) atoms. The molecule has 0 spiro atoms. The van der Waals surface area contributed by atoms with E-state index in [9.17, 15) is 24.3 Å². The van der Waals surface area contributed by atoms with Gasteiger partial charge >= 0.3 is 0 Å². The molecule has 0 saturated carbocycles. The van der Waals surface area contributed by atoms with Crippen molar-refractivity contribution in [3.05, 3.63) is 76.4 Å². The average molecular weight is 590 g/mol. The number of aliphatic hydroxyl groups is 1. The number of nitrogens with two attached hydrogens (primary N) is 1. The average Bonchev–Trinajstić information content (AvgIpc) is 3.64. The van der Waals surface area contributed by atoms with Crippen molar-refractivity contribution in [3.8, 4) is 10.4 Å². The number of carbonyl (C=O) groups is 4. The quantitative estimate of drug-likeness (QED) is 0.359. The van der Waals surface area contributed by atoms with Crippen molar-refractivity contribution in [1.29, 1.82) is 0 Å². The zero-order valence-electron chi connectivity index (χ0n) is 24.0. The van der Waals surface area contributed by atoms with Gasteiger partial charge in [-0.05, 0) is 35.6 Å². The van der Waals surface area contributed by atoms with Crippen LogP contribution in [-0.4, -0.2) is 74.8 Å². The first-order valence-electron chi connectivity index (χ1n) is 13.9. The number of rotatable bonds is 7. The molecule has 4 amide bonds. The predicted molar refractivity (Wildman–Crippen MR) is 159 cm³/mol. The zero-order chi connectivity index (χ0) is 30.3. The molecule has 2 aromatic carbocycles. The minimum Gasteiger partial charge on any atom is -0.391 e. The summed E-state index contributed by atoms with van der Waals surface area (Å²) in [6, 6.07) is 11.5. The summed E-state index contributed by atoms with van der Waals surface area (Å²) in [6.07, 6.45) is -0.828. The van der Waals surface area contributed by atoms with E-state index < -0.39 is 53.3 Å². The fourth-order valence-corrected chi connectivity index (χ4v) is 6.20. The second-order valence-corrected chi connectivity index (χ2v) is 12.8. The van der Waals surface area contributed by atoms with E-state index in [1.165, 1.54) is 16.2 Å². The van der Waals surface area contributed by atoms with E-state index in [1.807, 2.05) is 52.0 Å². The fraction of sp³-hybridized carbons (Fsp3) is 0.387. The van der Waals surface area contributed by atoms with Crippen molar-refractivity contribution in [2.45, 2.75) is 58.3 Å². The zero-order valence-corrected chi connectivity index (χ0v) is 24.9. The first-order valence-corrected chi connectivity index (χ1v) is 14.7. The molecule has 1 fully saturated rings. The molecule has 3 heterocycles. The number of aromatic nitrogens is 1. The Kier molecular flexibility index (Phi) is 8.02. The van der Waals surface area contributed by atoms with Gasteiger partial charge in [0.2, 0.25) is 11.8 Å². The van der Waals surface area contributed by atoms with Gasteiger partial charge in [-0.25, -0.2) is 4.98 Å². The highest BCUT2D eigenvalue weighted by Crippen LogP contribution is 2.31. The molecule has 2 aliphatic rings. The van der Waals surface area contributed by atoms with Crippen LogP contribution < -0.4 is 11.1 Å². The summed E-state index contributed by atoms with van der Waals surface area (Å²) in [5.41, 5.74) is 10.6. The van der Waals surface area contributed by atoms with E-state index in [-0.39, 0.29) is 19.5 Å². The Bertz CT molecular complexity index is 1490. The SMILES string of the molecule is Cc1ncsc1-c1ccc([C@H](CN2C(=O)c3ccccc3C2=O)NC(=O)[C@@H]2C[C@@H](O)CN2C(=O)[C@@H](N)C(C)(C)C)cc1. The van der Waals surface area contributed by atoms with Crippen LogP contribution in [0, 0.1) is 12.3 Å². The summed E-state index contributed by atoms with van der Waals surface area (Å²) in [7, 11) is 0. The number of amides is 4. The molecule has 4 atom stereocenters. The highest BCUT2D eigenvalue weighted by molar-refractivity contribution is 7.13. The van der Waals surface area contributed by atoms with Crippen molar-refractivity contribution in [3.63, 3.8) is 0 Å². The monoisotopic (exact) mass is 589 g/mol. The third-order valence-electron chi connectivity index (χ3n) is 7.94. The molecular formula is C31H35N5O5S. The lowest BCUT2D eigenvalue weighted by Crippen LogP contribution is -2.55. The highest BCUT2D eigenvalue weighted by atomic mass is 32.1. The number of hydrogen-bond acceptors (Lipinski definition) is 8. The summed E-state index contributed by atoms with van der Waals surface area (Å²) >= 11 is 1.52. The number of aryl methyl sites for hydroxylation is 1. The summed E-state index contributed by atoms with van der Waals surface area (Å²) in [4.78, 5) is 61.3. The lowest BCUT2D eigenvalue weighted by Gasteiger charge is -2.33. The molecule has 2 aliphatic heterocycles. The molecule has 0 aliphatic carbocycles. The van der Waals surface area contributed by atoms with Crippen LogP contribution in [0.15, 0.2) is 54.0 Å². The molecular weight excluding hydrogens is 554 g/mol. The summed E-state index contributed by atoms with van der Waals surface area (Å²) < 4.78 is 0. The van der Waals surface area contributed by atoms with Crippen molar-refractivity contribution < 1.29 is 24.3 Å². The number of aliphatic hydroxyl groups excluding tert-OH is 1. The van der Waals surface area contributed by atoms with Gasteiger partial charge in [0, 0.05) is 13.0 Å². The number of carbonyl (C=O) groups excluding carboxylic acids is 4. The van der Waals surface area contributed by atoms with E-state index in [0.29, 0.717) is 16.7 Å². The molecule has 0 radical (unpaired) electrons. The maximum Gasteiger partial charge on any atom is 0.261 e. The Balaban J connectivity index is 1.43. The first kappa shape index (κ1) is 29.6. The van der Waals surface area contributed by atoms with Gasteiger partial charge in [-0.3, -0.25) is 24.1 Å². The molecule has 11 heteroatoms. The third kappa shape index (κ3) is 5.59. The van der Waals surface area contributed by atoms with Crippen LogP contribution in [0.5, 0.6) is 0 Å². The highest BCUT2D eigenvalue weighted by Gasteiger charge is 2.44. The number of imide groups is 1.